The molecule has 3 atom stereocenters. The van der Waals surface area contributed by atoms with E-state index in [1.165, 1.54) is 6.42 Å². The van der Waals surface area contributed by atoms with Gasteiger partial charge in [-0.05, 0) is 74.1 Å². The molecular weight excluding hydrogens is 432 g/mol. The number of ether oxygens (including phenoxy) is 1. The largest absolute Gasteiger partial charge is 0.489 e. The smallest absolute Gasteiger partial charge is 0.255 e. The second-order valence-electron chi connectivity index (χ2n) is 11.1. The molecule has 6 aliphatic rings. The van der Waals surface area contributed by atoms with Crippen LogP contribution in [0.25, 0.3) is 0 Å². The molecule has 8 heteroatoms. The third-order valence-electron chi connectivity index (χ3n) is 8.60. The van der Waals surface area contributed by atoms with E-state index in [4.69, 9.17) is 4.74 Å². The summed E-state index contributed by atoms with van der Waals surface area (Å²) >= 11 is 0. The average Bonchev–Trinajstić information content (AvgIpc) is 3.09. The molecule has 0 radical (unpaired) electrons. The van der Waals surface area contributed by atoms with Crippen LogP contribution >= 0.6 is 0 Å². The van der Waals surface area contributed by atoms with Crippen LogP contribution in [0.5, 0.6) is 5.75 Å². The lowest BCUT2D eigenvalue weighted by atomic mass is 9.35. The number of piperidine rings is 1. The summed E-state index contributed by atoms with van der Waals surface area (Å²) in [7, 11) is 0. The molecule has 7 rings (SSSR count). The van der Waals surface area contributed by atoms with Crippen molar-refractivity contribution in [2.24, 2.45) is 10.8 Å². The zero-order chi connectivity index (χ0) is 23.5. The normalized spacial score (nSPS) is 36.1. The molecule has 0 spiro atoms. The summed E-state index contributed by atoms with van der Waals surface area (Å²) in [5.74, 6) is -0.0870. The number of nitrogens with one attached hydrogen (secondary N) is 2. The maximum Gasteiger partial charge on any atom is 0.255 e. The van der Waals surface area contributed by atoms with Crippen molar-refractivity contribution in [1.82, 2.24) is 15.5 Å². The highest BCUT2D eigenvalue weighted by Gasteiger charge is 2.68. The summed E-state index contributed by atoms with van der Waals surface area (Å²) in [6.45, 7) is 1.31. The summed E-state index contributed by atoms with van der Waals surface area (Å²) in [6, 6.07) is 7.75. The fourth-order valence-corrected chi connectivity index (χ4v) is 6.92. The Balaban J connectivity index is 1.10. The number of amides is 3. The predicted octanol–water partition coefficient (Wildman–Crippen LogP) is 2.42. The summed E-state index contributed by atoms with van der Waals surface area (Å²) in [5.41, 5.74) is 1.77. The summed E-state index contributed by atoms with van der Waals surface area (Å²) in [5, 5.41) is 15.4. The molecule has 1 aromatic rings. The van der Waals surface area contributed by atoms with Crippen molar-refractivity contribution < 1.29 is 19.1 Å². The number of rotatable bonds is 6. The lowest BCUT2D eigenvalue weighted by Crippen LogP contribution is -2.65. The van der Waals surface area contributed by atoms with Crippen LogP contribution in [-0.2, 0) is 16.1 Å². The van der Waals surface area contributed by atoms with Crippen LogP contribution in [0.3, 0.4) is 0 Å². The molecule has 3 unspecified atom stereocenters. The van der Waals surface area contributed by atoms with Crippen LogP contribution < -0.4 is 15.4 Å². The molecule has 2 bridgehead atoms. The van der Waals surface area contributed by atoms with Crippen molar-refractivity contribution >= 4 is 17.7 Å². The standard InChI is InChI=1S/C26H30N4O4/c27-14-25-11-26(12-25,13-25)15-28-19-3-1-2-4-21(19)34-17-5-6-18-16(9-17)10-30(24(18)33)20-7-8-22(31)29-23(20)32/h5-6,9,19-21,28H,1-4,7-8,10-13,15H2,(H,29,31,32). The van der Waals surface area contributed by atoms with Crippen LogP contribution in [0.15, 0.2) is 18.2 Å². The minimum Gasteiger partial charge on any atom is -0.489 e. The maximum absolute atomic E-state index is 12.9. The molecule has 34 heavy (non-hydrogen) atoms. The van der Waals surface area contributed by atoms with Gasteiger partial charge in [-0.2, -0.15) is 5.26 Å². The molecular formula is C26H30N4O4. The molecule has 2 heterocycles. The van der Waals surface area contributed by atoms with Gasteiger partial charge in [-0.15, -0.1) is 0 Å². The molecule has 5 fully saturated rings. The van der Waals surface area contributed by atoms with E-state index in [0.717, 1.165) is 56.4 Å². The van der Waals surface area contributed by atoms with Gasteiger partial charge in [0.2, 0.25) is 11.8 Å². The van der Waals surface area contributed by atoms with Crippen molar-refractivity contribution in [3.63, 3.8) is 0 Å². The lowest BCUT2D eigenvalue weighted by Gasteiger charge is -2.67. The van der Waals surface area contributed by atoms with Crippen molar-refractivity contribution in [3.8, 4) is 11.8 Å². The number of hydrogen-bond donors (Lipinski definition) is 2. The number of nitriles is 1. The lowest BCUT2D eigenvalue weighted by molar-refractivity contribution is -0.161. The van der Waals surface area contributed by atoms with Gasteiger partial charge < -0.3 is 15.0 Å². The van der Waals surface area contributed by atoms with Gasteiger partial charge in [0.25, 0.3) is 5.91 Å². The van der Waals surface area contributed by atoms with E-state index >= 15 is 0 Å². The third-order valence-corrected chi connectivity index (χ3v) is 8.60. The van der Waals surface area contributed by atoms with Gasteiger partial charge in [-0.25, -0.2) is 0 Å². The van der Waals surface area contributed by atoms with E-state index in [2.05, 4.69) is 16.7 Å². The van der Waals surface area contributed by atoms with E-state index in [9.17, 15) is 19.6 Å². The highest BCUT2D eigenvalue weighted by atomic mass is 16.5. The van der Waals surface area contributed by atoms with Gasteiger partial charge >= 0.3 is 0 Å². The SMILES string of the molecule is N#CC12CC(CNC3CCCCC3Oc3ccc4c(c3)CN(C3CCC(=O)NC3=O)C4=O)(C1)C2. The Labute approximate surface area is 199 Å². The second-order valence-corrected chi connectivity index (χ2v) is 11.1. The summed E-state index contributed by atoms with van der Waals surface area (Å²) in [6.07, 6.45) is 8.18. The minimum absolute atomic E-state index is 0.0201. The average molecular weight is 463 g/mol. The monoisotopic (exact) mass is 462 g/mol. The van der Waals surface area contributed by atoms with Crippen LogP contribution in [0.1, 0.15) is 73.7 Å². The number of hydrogen-bond acceptors (Lipinski definition) is 6. The van der Waals surface area contributed by atoms with E-state index in [1.807, 2.05) is 12.1 Å². The summed E-state index contributed by atoms with van der Waals surface area (Å²) in [4.78, 5) is 38.2. The molecule has 2 aliphatic heterocycles. The second kappa shape index (κ2) is 7.81. The zero-order valence-corrected chi connectivity index (χ0v) is 19.3. The Morgan fingerprint density at radius 3 is 2.71 bits per heavy atom. The van der Waals surface area contributed by atoms with Gasteiger partial charge in [0, 0.05) is 31.1 Å². The zero-order valence-electron chi connectivity index (χ0n) is 19.3. The van der Waals surface area contributed by atoms with E-state index < -0.39 is 11.9 Å². The first-order chi connectivity index (χ1) is 16.4. The van der Waals surface area contributed by atoms with E-state index in [-0.39, 0.29) is 35.8 Å². The molecule has 178 valence electrons. The first-order valence-corrected chi connectivity index (χ1v) is 12.5. The number of carbonyl (C=O) groups is 3. The molecule has 3 amide bonds. The summed E-state index contributed by atoms with van der Waals surface area (Å²) < 4.78 is 6.45. The Morgan fingerprint density at radius 1 is 1.15 bits per heavy atom. The molecule has 4 aliphatic carbocycles. The van der Waals surface area contributed by atoms with Crippen LogP contribution in [0.2, 0.25) is 0 Å². The fourth-order valence-electron chi connectivity index (χ4n) is 6.92. The van der Waals surface area contributed by atoms with E-state index in [1.54, 1.807) is 11.0 Å². The Morgan fingerprint density at radius 2 is 1.94 bits per heavy atom. The highest BCUT2D eigenvalue weighted by Crippen LogP contribution is 2.72. The predicted molar refractivity (Wildman–Crippen MR) is 121 cm³/mol. The quantitative estimate of drug-likeness (QED) is 0.628. The van der Waals surface area contributed by atoms with Gasteiger partial charge in [-0.3, -0.25) is 19.7 Å². The van der Waals surface area contributed by atoms with E-state index in [0.29, 0.717) is 23.9 Å². The third kappa shape index (κ3) is 3.49. The molecule has 8 nitrogen and oxygen atoms in total. The van der Waals surface area contributed by atoms with Gasteiger partial charge in [0.1, 0.15) is 17.9 Å². The van der Waals surface area contributed by atoms with Crippen molar-refractivity contribution in [2.45, 2.75) is 82.5 Å². The van der Waals surface area contributed by atoms with Gasteiger partial charge in [0.05, 0.1) is 11.5 Å². The van der Waals surface area contributed by atoms with Gasteiger partial charge in [0.15, 0.2) is 0 Å². The van der Waals surface area contributed by atoms with Crippen molar-refractivity contribution in [1.29, 1.82) is 5.26 Å². The Kier molecular flexibility index (Phi) is 4.96. The Hall–Kier alpha value is -2.92. The minimum atomic E-state index is -0.606. The number of carbonyl (C=O) groups excluding carboxylic acids is 3. The molecule has 4 saturated carbocycles. The first kappa shape index (κ1) is 21.6. The number of benzene rings is 1. The topological polar surface area (TPSA) is 112 Å². The first-order valence-electron chi connectivity index (χ1n) is 12.5. The van der Waals surface area contributed by atoms with Crippen LogP contribution in [-0.4, -0.2) is 47.4 Å². The highest BCUT2D eigenvalue weighted by molar-refractivity contribution is 6.05. The molecule has 2 N–H and O–H groups in total. The molecule has 0 aromatic heterocycles. The van der Waals surface area contributed by atoms with Crippen molar-refractivity contribution in [2.75, 3.05) is 6.54 Å². The fraction of sp³-hybridized carbons (Fsp3) is 0.615. The molecule has 1 saturated heterocycles. The number of imide groups is 1. The maximum atomic E-state index is 12.9. The van der Waals surface area contributed by atoms with Gasteiger partial charge in [-0.1, -0.05) is 6.42 Å². The number of fused-ring (bicyclic) bond motifs is 1. The Bertz CT molecular complexity index is 1090. The molecule has 1 aromatic carbocycles. The van der Waals surface area contributed by atoms with Crippen LogP contribution in [0, 0.1) is 22.2 Å². The number of nitrogens with zero attached hydrogens (tertiary/aromatic N) is 2. The van der Waals surface area contributed by atoms with Crippen LogP contribution in [0.4, 0.5) is 0 Å². The van der Waals surface area contributed by atoms with Crippen molar-refractivity contribution in [3.05, 3.63) is 29.3 Å².